The second-order valence-corrected chi connectivity index (χ2v) is 12.6. The Hall–Kier alpha value is -1.59. The summed E-state index contributed by atoms with van der Waals surface area (Å²) in [6.07, 6.45) is 9.87. The zero-order valence-electron chi connectivity index (χ0n) is 22.6. The smallest absolute Gasteiger partial charge is 0.305 e. The van der Waals surface area contributed by atoms with Crippen molar-refractivity contribution in [3.05, 3.63) is 0 Å². The third-order valence-electron chi connectivity index (χ3n) is 11.1. The van der Waals surface area contributed by atoms with Crippen molar-refractivity contribution in [2.24, 2.45) is 46.3 Å². The molecule has 6 nitrogen and oxygen atoms in total. The average Bonchev–Trinajstić information content (AvgIpc) is 3.16. The van der Waals surface area contributed by atoms with E-state index in [1.165, 1.54) is 33.3 Å². The van der Waals surface area contributed by atoms with Crippen LogP contribution in [0, 0.1) is 46.3 Å². The van der Waals surface area contributed by atoms with E-state index in [1.807, 2.05) is 0 Å². The topological polar surface area (TPSA) is 78.9 Å². The Labute approximate surface area is 211 Å². The normalized spacial score (nSPS) is 43.2. The lowest BCUT2D eigenvalue weighted by molar-refractivity contribution is -0.197. The summed E-state index contributed by atoms with van der Waals surface area (Å²) in [6.45, 7) is 10.2. The Balaban J connectivity index is 1.58. The van der Waals surface area contributed by atoms with Gasteiger partial charge in [0, 0.05) is 25.7 Å². The molecule has 0 unspecified atom stereocenters. The molecule has 4 aliphatic rings. The molecular formula is C29H46O6. The van der Waals surface area contributed by atoms with Gasteiger partial charge in [-0.2, -0.15) is 0 Å². The van der Waals surface area contributed by atoms with E-state index in [4.69, 9.17) is 14.2 Å². The first kappa shape index (κ1) is 26.5. The first-order chi connectivity index (χ1) is 16.5. The number of ether oxygens (including phenoxy) is 3. The zero-order valence-corrected chi connectivity index (χ0v) is 22.6. The third kappa shape index (κ3) is 4.75. The van der Waals surface area contributed by atoms with Crippen LogP contribution in [0.25, 0.3) is 0 Å². The molecule has 6 heteroatoms. The predicted molar refractivity (Wildman–Crippen MR) is 132 cm³/mol. The Morgan fingerprint density at radius 3 is 2.29 bits per heavy atom. The Morgan fingerprint density at radius 2 is 1.63 bits per heavy atom. The number of hydrogen-bond acceptors (Lipinski definition) is 6. The van der Waals surface area contributed by atoms with E-state index in [1.54, 1.807) is 6.92 Å². The highest BCUT2D eigenvalue weighted by molar-refractivity contribution is 5.69. The third-order valence-corrected chi connectivity index (χ3v) is 11.1. The molecule has 0 aromatic heterocycles. The van der Waals surface area contributed by atoms with Gasteiger partial charge >= 0.3 is 17.9 Å². The number of esters is 3. The van der Waals surface area contributed by atoms with Gasteiger partial charge in [-0.25, -0.2) is 0 Å². The molecule has 4 fully saturated rings. The molecule has 0 amide bonds. The van der Waals surface area contributed by atoms with Gasteiger partial charge in [0.25, 0.3) is 0 Å². The monoisotopic (exact) mass is 490 g/mol. The second-order valence-electron chi connectivity index (χ2n) is 12.6. The van der Waals surface area contributed by atoms with Crippen LogP contribution in [0.4, 0.5) is 0 Å². The quantitative estimate of drug-likeness (QED) is 0.351. The maximum absolute atomic E-state index is 12.3. The summed E-state index contributed by atoms with van der Waals surface area (Å²) in [7, 11) is 1.45. The molecule has 4 saturated carbocycles. The van der Waals surface area contributed by atoms with Gasteiger partial charge in [0.1, 0.15) is 12.2 Å². The van der Waals surface area contributed by atoms with E-state index >= 15 is 0 Å². The lowest BCUT2D eigenvalue weighted by Gasteiger charge is -2.62. The minimum atomic E-state index is -0.183. The second kappa shape index (κ2) is 10.0. The maximum atomic E-state index is 12.3. The van der Waals surface area contributed by atoms with Crippen LogP contribution >= 0.6 is 0 Å². The number of rotatable bonds is 6. The van der Waals surface area contributed by atoms with E-state index < -0.39 is 0 Å². The van der Waals surface area contributed by atoms with Gasteiger partial charge in [0.15, 0.2) is 0 Å². The number of methoxy groups -OCH3 is 1. The summed E-state index contributed by atoms with van der Waals surface area (Å²) < 4.78 is 16.7. The number of carbonyl (C=O) groups excluding carboxylic acids is 3. The predicted octanol–water partition coefficient (Wildman–Crippen LogP) is 5.71. The van der Waals surface area contributed by atoms with E-state index in [0.717, 1.165) is 38.5 Å². The summed E-state index contributed by atoms with van der Waals surface area (Å²) >= 11 is 0. The standard InChI is InChI=1S/C29H46O6/c1-17(7-12-27(32)33-6)23-10-11-24-22-9-8-20-15-21(34-18(2)30)13-14-28(20,4)25(22)16-26(29(23,24)5)35-19(3)31/h17,20-26H,7-16H2,1-6H3/t17-,20+,21+,22+,23+,24-,25+,26-,28-,29+/m0/s1. The summed E-state index contributed by atoms with van der Waals surface area (Å²) in [5, 5.41) is 0. The van der Waals surface area contributed by atoms with E-state index in [-0.39, 0.29) is 40.9 Å². The van der Waals surface area contributed by atoms with Gasteiger partial charge in [-0.05, 0) is 98.7 Å². The molecule has 0 heterocycles. The molecule has 10 atom stereocenters. The van der Waals surface area contributed by atoms with E-state index in [2.05, 4.69) is 20.8 Å². The molecule has 0 spiro atoms. The van der Waals surface area contributed by atoms with Crippen LogP contribution < -0.4 is 0 Å². The fraction of sp³-hybridized carbons (Fsp3) is 0.897. The van der Waals surface area contributed by atoms with Gasteiger partial charge in [-0.3, -0.25) is 14.4 Å². The largest absolute Gasteiger partial charge is 0.469 e. The summed E-state index contributed by atoms with van der Waals surface area (Å²) in [6, 6.07) is 0. The Bertz CT molecular complexity index is 824. The minimum absolute atomic E-state index is 0.0479. The van der Waals surface area contributed by atoms with Gasteiger partial charge in [0.2, 0.25) is 0 Å². The number of hydrogen-bond donors (Lipinski definition) is 0. The highest BCUT2D eigenvalue weighted by Crippen LogP contribution is 2.69. The molecule has 0 bridgehead atoms. The Morgan fingerprint density at radius 1 is 0.914 bits per heavy atom. The van der Waals surface area contributed by atoms with Crippen molar-refractivity contribution in [1.29, 1.82) is 0 Å². The maximum Gasteiger partial charge on any atom is 0.305 e. The molecule has 35 heavy (non-hydrogen) atoms. The van der Waals surface area contributed by atoms with E-state index in [0.29, 0.717) is 41.9 Å². The lowest BCUT2D eigenvalue weighted by atomic mass is 9.43. The fourth-order valence-electron chi connectivity index (χ4n) is 9.48. The van der Waals surface area contributed by atoms with Crippen LogP contribution in [0.15, 0.2) is 0 Å². The first-order valence-corrected chi connectivity index (χ1v) is 13.9. The SMILES string of the molecule is COC(=O)CC[C@H](C)[C@H]1CC[C@H]2[C@H]3CC[C@@H]4C[C@H](OC(C)=O)CC[C@]4(C)[C@@H]3C[C@H](OC(C)=O)[C@]12C. The van der Waals surface area contributed by atoms with Crippen LogP contribution in [0.2, 0.25) is 0 Å². The zero-order chi connectivity index (χ0) is 25.5. The lowest BCUT2D eigenvalue weighted by Crippen LogP contribution is -2.59. The molecule has 198 valence electrons. The van der Waals surface area contributed by atoms with Crippen LogP contribution in [-0.4, -0.2) is 37.2 Å². The van der Waals surface area contributed by atoms with Crippen molar-refractivity contribution in [1.82, 2.24) is 0 Å². The molecule has 0 radical (unpaired) electrons. The van der Waals surface area contributed by atoms with Crippen molar-refractivity contribution in [2.45, 2.75) is 111 Å². The molecule has 0 aromatic rings. The molecule has 0 aliphatic heterocycles. The first-order valence-electron chi connectivity index (χ1n) is 13.9. The van der Waals surface area contributed by atoms with E-state index in [9.17, 15) is 14.4 Å². The Kier molecular flexibility index (Phi) is 7.60. The summed E-state index contributed by atoms with van der Waals surface area (Å²) in [5.74, 6) is 2.60. The van der Waals surface area contributed by atoms with Crippen LogP contribution in [0.5, 0.6) is 0 Å². The highest BCUT2D eigenvalue weighted by atomic mass is 16.5. The number of fused-ring (bicyclic) bond motifs is 5. The van der Waals surface area contributed by atoms with Crippen molar-refractivity contribution < 1.29 is 28.6 Å². The van der Waals surface area contributed by atoms with Crippen LogP contribution in [0.3, 0.4) is 0 Å². The summed E-state index contributed by atoms with van der Waals surface area (Å²) in [4.78, 5) is 35.7. The fourth-order valence-corrected chi connectivity index (χ4v) is 9.48. The summed E-state index contributed by atoms with van der Waals surface area (Å²) in [5.41, 5.74) is 0.147. The minimum Gasteiger partial charge on any atom is -0.469 e. The number of carbonyl (C=O) groups is 3. The van der Waals surface area contributed by atoms with Gasteiger partial charge < -0.3 is 14.2 Å². The molecule has 0 N–H and O–H groups in total. The van der Waals surface area contributed by atoms with Gasteiger partial charge in [-0.15, -0.1) is 0 Å². The van der Waals surface area contributed by atoms with Gasteiger partial charge in [-0.1, -0.05) is 20.8 Å². The molecule has 4 aliphatic carbocycles. The van der Waals surface area contributed by atoms with Crippen molar-refractivity contribution >= 4 is 17.9 Å². The molecule has 4 rings (SSSR count). The van der Waals surface area contributed by atoms with Crippen molar-refractivity contribution in [3.8, 4) is 0 Å². The van der Waals surface area contributed by atoms with Crippen LogP contribution in [-0.2, 0) is 28.6 Å². The molecule has 0 aromatic carbocycles. The molecular weight excluding hydrogens is 444 g/mol. The highest BCUT2D eigenvalue weighted by Gasteiger charge is 2.65. The molecule has 0 saturated heterocycles. The van der Waals surface area contributed by atoms with Crippen molar-refractivity contribution in [2.75, 3.05) is 7.11 Å². The average molecular weight is 491 g/mol. The van der Waals surface area contributed by atoms with Crippen LogP contribution in [0.1, 0.15) is 98.8 Å². The van der Waals surface area contributed by atoms with Gasteiger partial charge in [0.05, 0.1) is 7.11 Å². The van der Waals surface area contributed by atoms with Crippen molar-refractivity contribution in [3.63, 3.8) is 0 Å².